The predicted octanol–water partition coefficient (Wildman–Crippen LogP) is 16.3. The molecule has 62 heavy (non-hydrogen) atoms. The third-order valence-corrected chi connectivity index (χ3v) is 13.7. The first-order valence-electron chi connectivity index (χ1n) is 21.6. The first kappa shape index (κ1) is 34.8. The topological polar surface area (TPSA) is 3.24 Å². The summed E-state index contributed by atoms with van der Waals surface area (Å²) in [5.74, 6) is 0. The molecule has 0 atom stereocenters. The lowest BCUT2D eigenvalue weighted by Crippen LogP contribution is -2.26. The Morgan fingerprint density at radius 1 is 0.258 bits per heavy atom. The van der Waals surface area contributed by atoms with Crippen molar-refractivity contribution >= 4 is 49.4 Å². The number of anilines is 3. The number of fused-ring (bicyclic) bond motifs is 16. The Bertz CT molecular complexity index is 3470. The van der Waals surface area contributed by atoms with Crippen LogP contribution in [-0.4, -0.2) is 0 Å². The fourth-order valence-corrected chi connectivity index (χ4v) is 11.1. The molecule has 0 saturated carbocycles. The van der Waals surface area contributed by atoms with E-state index in [1.807, 2.05) is 0 Å². The van der Waals surface area contributed by atoms with Crippen LogP contribution in [0.15, 0.2) is 237 Å². The molecule has 11 aromatic rings. The van der Waals surface area contributed by atoms with Crippen molar-refractivity contribution in [1.29, 1.82) is 0 Å². The molecule has 1 nitrogen and oxygen atoms in total. The van der Waals surface area contributed by atoms with Crippen LogP contribution in [0, 0.1) is 0 Å². The maximum Gasteiger partial charge on any atom is 0.0726 e. The van der Waals surface area contributed by atoms with Crippen LogP contribution in [0.3, 0.4) is 0 Å². The van der Waals surface area contributed by atoms with Crippen LogP contribution in [-0.2, 0) is 5.41 Å². The van der Waals surface area contributed by atoms with Gasteiger partial charge in [-0.3, -0.25) is 0 Å². The molecular weight excluding hydrogens is 747 g/mol. The molecule has 2 aliphatic carbocycles. The second-order valence-electron chi connectivity index (χ2n) is 16.7. The van der Waals surface area contributed by atoms with E-state index >= 15 is 0 Å². The van der Waals surface area contributed by atoms with Crippen LogP contribution in [0.2, 0.25) is 0 Å². The number of hydrogen-bond donors (Lipinski definition) is 0. The van der Waals surface area contributed by atoms with E-state index < -0.39 is 5.41 Å². The summed E-state index contributed by atoms with van der Waals surface area (Å²) in [6, 6.07) is 87.9. The number of rotatable bonds is 5. The van der Waals surface area contributed by atoms with E-state index in [-0.39, 0.29) is 0 Å². The van der Waals surface area contributed by atoms with Gasteiger partial charge in [-0.15, -0.1) is 0 Å². The molecule has 288 valence electrons. The van der Waals surface area contributed by atoms with E-state index in [9.17, 15) is 0 Å². The second-order valence-corrected chi connectivity index (χ2v) is 16.7. The van der Waals surface area contributed by atoms with Crippen molar-refractivity contribution in [3.63, 3.8) is 0 Å². The zero-order valence-corrected chi connectivity index (χ0v) is 34.0. The van der Waals surface area contributed by atoms with Gasteiger partial charge in [0.2, 0.25) is 0 Å². The van der Waals surface area contributed by atoms with Gasteiger partial charge in [-0.2, -0.15) is 0 Å². The Labute approximate surface area is 361 Å². The first-order valence-corrected chi connectivity index (χ1v) is 21.6. The summed E-state index contributed by atoms with van der Waals surface area (Å²) < 4.78 is 0. The van der Waals surface area contributed by atoms with Crippen LogP contribution >= 0.6 is 0 Å². The minimum atomic E-state index is -0.448. The molecule has 2 aliphatic rings. The van der Waals surface area contributed by atoms with Crippen molar-refractivity contribution in [3.05, 3.63) is 259 Å². The van der Waals surface area contributed by atoms with Gasteiger partial charge in [-0.1, -0.05) is 200 Å². The highest BCUT2D eigenvalue weighted by molar-refractivity contribution is 6.28. The zero-order valence-electron chi connectivity index (χ0n) is 34.0. The van der Waals surface area contributed by atoms with Crippen molar-refractivity contribution in [2.75, 3.05) is 4.90 Å². The molecule has 1 spiro atoms. The van der Waals surface area contributed by atoms with Crippen LogP contribution in [0.1, 0.15) is 22.3 Å². The Morgan fingerprint density at radius 2 is 0.677 bits per heavy atom. The van der Waals surface area contributed by atoms with Gasteiger partial charge in [0.15, 0.2) is 0 Å². The third kappa shape index (κ3) is 4.91. The predicted molar refractivity (Wildman–Crippen MR) is 261 cm³/mol. The molecule has 1 heteroatoms. The van der Waals surface area contributed by atoms with Gasteiger partial charge in [0.1, 0.15) is 0 Å². The Balaban J connectivity index is 1.07. The molecule has 0 unspecified atom stereocenters. The zero-order chi connectivity index (χ0) is 40.8. The largest absolute Gasteiger partial charge is 0.310 e. The van der Waals surface area contributed by atoms with Gasteiger partial charge in [0, 0.05) is 16.8 Å². The van der Waals surface area contributed by atoms with Gasteiger partial charge < -0.3 is 4.90 Å². The highest BCUT2D eigenvalue weighted by atomic mass is 15.1. The quantitative estimate of drug-likeness (QED) is 0.157. The smallest absolute Gasteiger partial charge is 0.0726 e. The van der Waals surface area contributed by atoms with Crippen molar-refractivity contribution in [2.45, 2.75) is 5.41 Å². The molecular formula is C61H39N. The van der Waals surface area contributed by atoms with Gasteiger partial charge in [-0.05, 0) is 130 Å². The van der Waals surface area contributed by atoms with Crippen molar-refractivity contribution in [3.8, 4) is 44.5 Å². The SMILES string of the molecule is c1ccc(-c2cccc(-c3ccc(N(c4ccc5c(c4)C4(c6ccccc6-c6ccccc64)c4ccccc4-5)c4cccc5c6ccccc6c6ccccc6c45)cc3)c2)cc1. The number of hydrogen-bond acceptors (Lipinski definition) is 1. The van der Waals surface area contributed by atoms with Gasteiger partial charge in [-0.25, -0.2) is 0 Å². The molecule has 0 amide bonds. The maximum atomic E-state index is 2.51. The molecule has 0 heterocycles. The van der Waals surface area contributed by atoms with Crippen LogP contribution in [0.25, 0.3) is 76.8 Å². The van der Waals surface area contributed by atoms with Gasteiger partial charge in [0.05, 0.1) is 11.1 Å². The average Bonchev–Trinajstić information content (AvgIpc) is 3.82. The lowest BCUT2D eigenvalue weighted by Gasteiger charge is -2.32. The van der Waals surface area contributed by atoms with Crippen molar-refractivity contribution in [1.82, 2.24) is 0 Å². The number of nitrogens with zero attached hydrogens (tertiary/aromatic N) is 1. The Morgan fingerprint density at radius 3 is 1.27 bits per heavy atom. The highest BCUT2D eigenvalue weighted by Crippen LogP contribution is 2.63. The molecule has 0 fully saturated rings. The highest BCUT2D eigenvalue weighted by Gasteiger charge is 2.51. The molecule has 0 N–H and O–H groups in total. The lowest BCUT2D eigenvalue weighted by molar-refractivity contribution is 0.793. The van der Waals surface area contributed by atoms with E-state index in [1.165, 1.54) is 99.1 Å². The summed E-state index contributed by atoms with van der Waals surface area (Å²) in [7, 11) is 0. The lowest BCUT2D eigenvalue weighted by atomic mass is 9.70. The second kappa shape index (κ2) is 13.5. The fourth-order valence-electron chi connectivity index (χ4n) is 11.1. The van der Waals surface area contributed by atoms with Crippen molar-refractivity contribution in [2.24, 2.45) is 0 Å². The summed E-state index contributed by atoms with van der Waals surface area (Å²) >= 11 is 0. The fraction of sp³-hybridized carbons (Fsp3) is 0.0164. The molecule has 0 radical (unpaired) electrons. The summed E-state index contributed by atoms with van der Waals surface area (Å²) in [4.78, 5) is 2.51. The molecule has 0 saturated heterocycles. The summed E-state index contributed by atoms with van der Waals surface area (Å²) in [5, 5.41) is 7.55. The standard InChI is InChI=1S/C61H39N/c1-2-16-40(17-3-1)42-18-14-19-43(38-42)41-32-34-44(35-33-41)62(59-31-15-27-54-48-21-5-4-20-46(48)47-22-6-7-26-53(47)60(54)59)45-36-37-52-51-25-10-13-30-57(51)61(58(52)39-45)55-28-11-8-23-49(55)50-24-9-12-29-56(50)61/h1-39H. The average molecular weight is 786 g/mol. The number of benzene rings is 11. The minimum Gasteiger partial charge on any atom is -0.310 e. The molecule has 13 rings (SSSR count). The van der Waals surface area contributed by atoms with Crippen LogP contribution in [0.5, 0.6) is 0 Å². The van der Waals surface area contributed by atoms with E-state index in [0.717, 1.165) is 17.1 Å². The monoisotopic (exact) mass is 785 g/mol. The summed E-state index contributed by atoms with van der Waals surface area (Å²) in [6.07, 6.45) is 0. The minimum absolute atomic E-state index is 0.448. The van der Waals surface area contributed by atoms with Gasteiger partial charge in [0.25, 0.3) is 0 Å². The van der Waals surface area contributed by atoms with E-state index in [0.29, 0.717) is 0 Å². The first-order chi connectivity index (χ1) is 30.8. The van der Waals surface area contributed by atoms with Crippen molar-refractivity contribution < 1.29 is 0 Å². The molecule has 0 bridgehead atoms. The summed E-state index contributed by atoms with van der Waals surface area (Å²) in [6.45, 7) is 0. The van der Waals surface area contributed by atoms with E-state index in [4.69, 9.17) is 0 Å². The van der Waals surface area contributed by atoms with Crippen LogP contribution in [0.4, 0.5) is 17.1 Å². The maximum absolute atomic E-state index is 2.51. The van der Waals surface area contributed by atoms with Gasteiger partial charge >= 0.3 is 0 Å². The summed E-state index contributed by atoms with van der Waals surface area (Å²) in [5.41, 5.74) is 18.3. The van der Waals surface area contributed by atoms with Crippen LogP contribution < -0.4 is 4.90 Å². The Kier molecular flexibility index (Phi) is 7.59. The Hall–Kier alpha value is -8.00. The van der Waals surface area contributed by atoms with E-state index in [1.54, 1.807) is 0 Å². The molecule has 0 aromatic heterocycles. The molecule has 0 aliphatic heterocycles. The molecule has 11 aromatic carbocycles. The third-order valence-electron chi connectivity index (χ3n) is 13.7. The normalized spacial score (nSPS) is 13.0. The van der Waals surface area contributed by atoms with E-state index in [2.05, 4.69) is 241 Å².